The van der Waals surface area contributed by atoms with E-state index >= 15 is 0 Å². The number of fused-ring (bicyclic) bond motifs is 1. The van der Waals surface area contributed by atoms with Gasteiger partial charge in [0.25, 0.3) is 0 Å². The van der Waals surface area contributed by atoms with E-state index in [-0.39, 0.29) is 0 Å². The van der Waals surface area contributed by atoms with E-state index < -0.39 is 0 Å². The predicted octanol–water partition coefficient (Wildman–Crippen LogP) is 3.16. The minimum absolute atomic E-state index is 0.317. The average Bonchev–Trinajstić information content (AvgIpc) is 2.26. The van der Waals surface area contributed by atoms with Crippen LogP contribution in [0.3, 0.4) is 0 Å². The molecule has 0 fully saturated rings. The van der Waals surface area contributed by atoms with Gasteiger partial charge in [0, 0.05) is 0 Å². The molecule has 0 aliphatic rings. The van der Waals surface area contributed by atoms with Crippen LogP contribution >= 0.6 is 0 Å². The van der Waals surface area contributed by atoms with Crippen molar-refractivity contribution in [3.05, 3.63) is 42.0 Å². The van der Waals surface area contributed by atoms with Gasteiger partial charge in [-0.15, -0.1) is 6.42 Å². The van der Waals surface area contributed by atoms with Crippen molar-refractivity contribution in [2.45, 2.75) is 6.92 Å². The number of hydrogen-bond acceptors (Lipinski definition) is 1. The maximum absolute atomic E-state index is 5.36. The summed E-state index contributed by atoms with van der Waals surface area (Å²) >= 11 is 0. The van der Waals surface area contributed by atoms with Gasteiger partial charge in [-0.1, -0.05) is 35.7 Å². The van der Waals surface area contributed by atoms with E-state index in [0.29, 0.717) is 6.61 Å². The highest BCUT2D eigenvalue weighted by molar-refractivity contribution is 5.84. The molecule has 0 aliphatic carbocycles. The molecule has 15 heavy (non-hydrogen) atoms. The number of ether oxygens (including phenoxy) is 1. The van der Waals surface area contributed by atoms with Crippen LogP contribution in [0.15, 0.2) is 36.4 Å². The van der Waals surface area contributed by atoms with Crippen LogP contribution in [0, 0.1) is 19.3 Å². The Bertz CT molecular complexity index is 520. The zero-order valence-corrected chi connectivity index (χ0v) is 8.66. The first kappa shape index (κ1) is 9.61. The van der Waals surface area contributed by atoms with Crippen LogP contribution in [0.2, 0.25) is 0 Å². The summed E-state index contributed by atoms with van der Waals surface area (Å²) in [6.45, 7) is 2.40. The normalized spacial score (nSPS) is 9.87. The Morgan fingerprint density at radius 1 is 1.13 bits per heavy atom. The molecular weight excluding hydrogens is 184 g/mol. The molecular formula is C14H12O. The molecule has 0 spiro atoms. The largest absolute Gasteiger partial charge is 0.481 e. The summed E-state index contributed by atoms with van der Waals surface area (Å²) in [5.74, 6) is 3.27. The van der Waals surface area contributed by atoms with Gasteiger partial charge in [0.15, 0.2) is 0 Å². The quantitative estimate of drug-likeness (QED) is 0.670. The fraction of sp³-hybridized carbons (Fsp3) is 0.143. The third kappa shape index (κ3) is 2.11. The van der Waals surface area contributed by atoms with Crippen molar-refractivity contribution in [1.29, 1.82) is 0 Å². The maximum atomic E-state index is 5.36. The monoisotopic (exact) mass is 196 g/mol. The molecule has 0 bridgehead atoms. The fourth-order valence-corrected chi connectivity index (χ4v) is 1.56. The second kappa shape index (κ2) is 4.06. The molecule has 0 aromatic heterocycles. The Kier molecular flexibility index (Phi) is 2.60. The summed E-state index contributed by atoms with van der Waals surface area (Å²) < 4.78 is 5.36. The van der Waals surface area contributed by atoms with Gasteiger partial charge < -0.3 is 4.74 Å². The van der Waals surface area contributed by atoms with Gasteiger partial charge in [-0.25, -0.2) is 0 Å². The number of benzene rings is 2. The molecule has 0 radical (unpaired) electrons. The van der Waals surface area contributed by atoms with Crippen LogP contribution in [-0.2, 0) is 0 Å². The topological polar surface area (TPSA) is 9.23 Å². The molecule has 0 atom stereocenters. The first-order valence-corrected chi connectivity index (χ1v) is 4.86. The van der Waals surface area contributed by atoms with E-state index in [1.807, 2.05) is 18.2 Å². The third-order valence-electron chi connectivity index (χ3n) is 2.29. The number of rotatable bonds is 2. The molecule has 0 unspecified atom stereocenters. The molecule has 2 aromatic carbocycles. The zero-order chi connectivity index (χ0) is 10.7. The van der Waals surface area contributed by atoms with Crippen molar-refractivity contribution in [2.24, 2.45) is 0 Å². The summed E-state index contributed by atoms with van der Waals surface area (Å²) in [6, 6.07) is 12.3. The van der Waals surface area contributed by atoms with Crippen LogP contribution in [0.1, 0.15) is 5.56 Å². The summed E-state index contributed by atoms with van der Waals surface area (Å²) in [5, 5.41) is 2.40. The Morgan fingerprint density at radius 2 is 1.87 bits per heavy atom. The molecule has 1 nitrogen and oxygen atoms in total. The smallest absolute Gasteiger partial charge is 0.148 e. The van der Waals surface area contributed by atoms with Crippen molar-refractivity contribution in [3.63, 3.8) is 0 Å². The lowest BCUT2D eigenvalue weighted by molar-refractivity contribution is 0.371. The van der Waals surface area contributed by atoms with E-state index in [4.69, 9.17) is 11.2 Å². The highest BCUT2D eigenvalue weighted by Gasteiger charge is 1.96. The lowest BCUT2D eigenvalue weighted by atomic mass is 10.1. The SMILES string of the molecule is C#CCOc1ccc2cc(C)ccc2c1. The minimum Gasteiger partial charge on any atom is -0.481 e. The zero-order valence-electron chi connectivity index (χ0n) is 8.66. The van der Waals surface area contributed by atoms with Crippen LogP contribution in [0.4, 0.5) is 0 Å². The van der Waals surface area contributed by atoms with Crippen molar-refractivity contribution >= 4 is 10.8 Å². The van der Waals surface area contributed by atoms with Crippen molar-refractivity contribution in [3.8, 4) is 18.1 Å². The molecule has 0 saturated carbocycles. The molecule has 0 amide bonds. The summed E-state index contributed by atoms with van der Waals surface area (Å²) in [4.78, 5) is 0. The molecule has 1 heteroatoms. The third-order valence-corrected chi connectivity index (χ3v) is 2.29. The van der Waals surface area contributed by atoms with Gasteiger partial charge in [0.2, 0.25) is 0 Å². The predicted molar refractivity (Wildman–Crippen MR) is 63.0 cm³/mol. The Morgan fingerprint density at radius 3 is 2.67 bits per heavy atom. The lowest BCUT2D eigenvalue weighted by Gasteiger charge is -2.04. The van der Waals surface area contributed by atoms with Gasteiger partial charge in [0.05, 0.1) is 0 Å². The van der Waals surface area contributed by atoms with Crippen molar-refractivity contribution in [2.75, 3.05) is 6.61 Å². The maximum Gasteiger partial charge on any atom is 0.148 e. The average molecular weight is 196 g/mol. The molecule has 0 N–H and O–H groups in total. The van der Waals surface area contributed by atoms with Gasteiger partial charge in [0.1, 0.15) is 12.4 Å². The highest BCUT2D eigenvalue weighted by Crippen LogP contribution is 2.21. The fourth-order valence-electron chi connectivity index (χ4n) is 1.56. The van der Waals surface area contributed by atoms with E-state index in [0.717, 1.165) is 5.75 Å². The number of terminal acetylenes is 1. The number of aryl methyl sites for hydroxylation is 1. The first-order chi connectivity index (χ1) is 7.29. The minimum atomic E-state index is 0.317. The first-order valence-electron chi connectivity index (χ1n) is 4.86. The molecule has 0 aliphatic heterocycles. The van der Waals surface area contributed by atoms with E-state index in [9.17, 15) is 0 Å². The van der Waals surface area contributed by atoms with Gasteiger partial charge in [-0.05, 0) is 29.8 Å². The lowest BCUT2D eigenvalue weighted by Crippen LogP contribution is -1.92. The summed E-state index contributed by atoms with van der Waals surface area (Å²) in [7, 11) is 0. The molecule has 2 rings (SSSR count). The molecule has 2 aromatic rings. The van der Waals surface area contributed by atoms with Gasteiger partial charge >= 0.3 is 0 Å². The van der Waals surface area contributed by atoms with Crippen LogP contribution in [-0.4, -0.2) is 6.61 Å². The van der Waals surface area contributed by atoms with Gasteiger partial charge in [-0.3, -0.25) is 0 Å². The Hall–Kier alpha value is -1.94. The molecule has 74 valence electrons. The van der Waals surface area contributed by atoms with E-state index in [1.165, 1.54) is 16.3 Å². The van der Waals surface area contributed by atoms with Crippen LogP contribution in [0.25, 0.3) is 10.8 Å². The van der Waals surface area contributed by atoms with E-state index in [2.05, 4.69) is 31.0 Å². The standard InChI is InChI=1S/C14H12O/c1-3-8-15-14-7-6-12-9-11(2)4-5-13(12)10-14/h1,4-7,9-10H,8H2,2H3. The van der Waals surface area contributed by atoms with Crippen LogP contribution < -0.4 is 4.74 Å². The highest BCUT2D eigenvalue weighted by atomic mass is 16.5. The molecule has 0 saturated heterocycles. The van der Waals surface area contributed by atoms with E-state index in [1.54, 1.807) is 0 Å². The van der Waals surface area contributed by atoms with Crippen LogP contribution in [0.5, 0.6) is 5.75 Å². The van der Waals surface area contributed by atoms with Crippen molar-refractivity contribution < 1.29 is 4.74 Å². The number of hydrogen-bond donors (Lipinski definition) is 0. The summed E-state index contributed by atoms with van der Waals surface area (Å²) in [5.41, 5.74) is 1.26. The Labute approximate surface area is 89.7 Å². The van der Waals surface area contributed by atoms with Gasteiger partial charge in [-0.2, -0.15) is 0 Å². The second-order valence-electron chi connectivity index (χ2n) is 3.51. The van der Waals surface area contributed by atoms with Crippen molar-refractivity contribution in [1.82, 2.24) is 0 Å². The summed E-state index contributed by atoms with van der Waals surface area (Å²) in [6.07, 6.45) is 5.13. The Balaban J connectivity index is 2.40. The molecule has 0 heterocycles. The second-order valence-corrected chi connectivity index (χ2v) is 3.51.